The van der Waals surface area contributed by atoms with Crippen molar-refractivity contribution in [3.8, 4) is 0 Å². The van der Waals surface area contributed by atoms with Crippen molar-refractivity contribution in [1.82, 2.24) is 4.90 Å². The van der Waals surface area contributed by atoms with Gasteiger partial charge in [-0.1, -0.05) is 42.5 Å². The molecule has 0 saturated carbocycles. The lowest BCUT2D eigenvalue weighted by molar-refractivity contribution is 0.139. The average Bonchev–Trinajstić information content (AvgIpc) is 2.26. The largest absolute Gasteiger partial charge is 0.382 e. The number of benzene rings is 1. The van der Waals surface area contributed by atoms with Crippen LogP contribution in [0.5, 0.6) is 0 Å². The minimum absolute atomic E-state index is 0.202. The van der Waals surface area contributed by atoms with Crippen LogP contribution in [0.15, 0.2) is 30.3 Å². The lowest BCUT2D eigenvalue weighted by Gasteiger charge is -2.28. The van der Waals surface area contributed by atoms with Crippen LogP contribution in [0.3, 0.4) is 0 Å². The Balaban J connectivity index is 2.87. The Labute approximate surface area is 96.9 Å². The maximum absolute atomic E-state index is 5.23. The van der Waals surface area contributed by atoms with Crippen LogP contribution in [-0.4, -0.2) is 30.7 Å². The normalized spacial score (nSPS) is 12.2. The summed E-state index contributed by atoms with van der Waals surface area (Å²) in [4.78, 5) is 2.94. The second-order valence-corrected chi connectivity index (χ2v) is 4.10. The molecule has 0 amide bonds. The molecule has 0 aromatic heterocycles. The highest BCUT2D eigenvalue weighted by molar-refractivity contribution is 7.80. The lowest BCUT2D eigenvalue weighted by atomic mass is 10.1. The highest BCUT2D eigenvalue weighted by Crippen LogP contribution is 2.19. The van der Waals surface area contributed by atoms with E-state index >= 15 is 0 Å². The van der Waals surface area contributed by atoms with Gasteiger partial charge in [0.15, 0.2) is 0 Å². The first kappa shape index (κ1) is 12.1. The third-order valence-electron chi connectivity index (χ3n) is 2.47. The Bertz CT molecular complexity index is 313. The Morgan fingerprint density at radius 2 is 2.00 bits per heavy atom. The summed E-state index contributed by atoms with van der Waals surface area (Å²) in [7, 11) is 3.71. The van der Waals surface area contributed by atoms with Crippen LogP contribution in [0.25, 0.3) is 0 Å². The van der Waals surface area contributed by atoms with Gasteiger partial charge in [0, 0.05) is 14.2 Å². The summed E-state index contributed by atoms with van der Waals surface area (Å²) in [5, 5.41) is 0. The Kier molecular flexibility index (Phi) is 4.72. The molecule has 0 fully saturated rings. The minimum Gasteiger partial charge on any atom is -0.382 e. The number of ether oxygens (including phenoxy) is 1. The molecule has 0 bridgehead atoms. The third kappa shape index (κ3) is 3.29. The van der Waals surface area contributed by atoms with E-state index < -0.39 is 0 Å². The summed E-state index contributed by atoms with van der Waals surface area (Å²) in [6.07, 6.45) is 0. The van der Waals surface area contributed by atoms with E-state index in [-0.39, 0.29) is 6.04 Å². The molecule has 0 saturated heterocycles. The number of rotatable bonds is 4. The molecular weight excluding hydrogens is 206 g/mol. The SMILES string of the molecule is COCC(c1ccccc1)N(C)C(C)=S. The van der Waals surface area contributed by atoms with E-state index in [0.29, 0.717) is 6.61 Å². The van der Waals surface area contributed by atoms with Crippen molar-refractivity contribution >= 4 is 17.2 Å². The van der Waals surface area contributed by atoms with Crippen molar-refractivity contribution in [2.45, 2.75) is 13.0 Å². The van der Waals surface area contributed by atoms with E-state index in [9.17, 15) is 0 Å². The number of hydrogen-bond acceptors (Lipinski definition) is 2. The van der Waals surface area contributed by atoms with E-state index in [1.807, 2.05) is 32.2 Å². The smallest absolute Gasteiger partial charge is 0.0777 e. The number of nitrogens with zero attached hydrogens (tertiary/aromatic N) is 1. The van der Waals surface area contributed by atoms with E-state index in [4.69, 9.17) is 17.0 Å². The highest BCUT2D eigenvalue weighted by Gasteiger charge is 2.16. The van der Waals surface area contributed by atoms with Gasteiger partial charge in [-0.2, -0.15) is 0 Å². The van der Waals surface area contributed by atoms with Gasteiger partial charge in [-0.3, -0.25) is 0 Å². The maximum atomic E-state index is 5.23. The van der Waals surface area contributed by atoms with Gasteiger partial charge in [0.05, 0.1) is 17.6 Å². The van der Waals surface area contributed by atoms with Gasteiger partial charge in [0.2, 0.25) is 0 Å². The van der Waals surface area contributed by atoms with Crippen LogP contribution in [0.2, 0.25) is 0 Å². The monoisotopic (exact) mass is 223 g/mol. The predicted molar refractivity (Wildman–Crippen MR) is 67.1 cm³/mol. The van der Waals surface area contributed by atoms with Gasteiger partial charge in [0.1, 0.15) is 0 Å². The molecule has 0 N–H and O–H groups in total. The number of likely N-dealkylation sites (N-methyl/N-ethyl adjacent to an activating group) is 1. The van der Waals surface area contributed by atoms with Gasteiger partial charge < -0.3 is 9.64 Å². The van der Waals surface area contributed by atoms with E-state index in [1.54, 1.807) is 7.11 Å². The fraction of sp³-hybridized carbons (Fsp3) is 0.417. The molecule has 0 spiro atoms. The molecule has 1 atom stereocenters. The van der Waals surface area contributed by atoms with Crippen molar-refractivity contribution in [3.63, 3.8) is 0 Å². The van der Waals surface area contributed by atoms with Crippen molar-refractivity contribution < 1.29 is 4.74 Å². The molecule has 82 valence electrons. The Morgan fingerprint density at radius 3 is 2.47 bits per heavy atom. The minimum atomic E-state index is 0.202. The topological polar surface area (TPSA) is 12.5 Å². The zero-order chi connectivity index (χ0) is 11.3. The molecule has 0 aliphatic carbocycles. The molecule has 2 nitrogen and oxygen atoms in total. The molecule has 0 heterocycles. The van der Waals surface area contributed by atoms with Crippen molar-refractivity contribution in [1.29, 1.82) is 0 Å². The van der Waals surface area contributed by atoms with Crippen molar-refractivity contribution in [2.24, 2.45) is 0 Å². The molecule has 0 aliphatic rings. The quantitative estimate of drug-likeness (QED) is 0.728. The van der Waals surface area contributed by atoms with Crippen LogP contribution >= 0.6 is 12.2 Å². The molecule has 0 aliphatic heterocycles. The summed E-state index contributed by atoms with van der Waals surface area (Å²) >= 11 is 5.18. The second kappa shape index (κ2) is 5.83. The highest BCUT2D eigenvalue weighted by atomic mass is 32.1. The molecule has 1 aromatic rings. The molecular formula is C12H17NOS. The molecule has 1 aromatic carbocycles. The average molecular weight is 223 g/mol. The Morgan fingerprint density at radius 1 is 1.40 bits per heavy atom. The fourth-order valence-corrected chi connectivity index (χ4v) is 1.61. The van der Waals surface area contributed by atoms with E-state index in [0.717, 1.165) is 4.99 Å². The lowest BCUT2D eigenvalue weighted by Crippen LogP contribution is -2.30. The number of thiocarbonyl (C=S) groups is 1. The van der Waals surface area contributed by atoms with Gasteiger partial charge in [-0.25, -0.2) is 0 Å². The predicted octanol–water partition coefficient (Wildman–Crippen LogP) is 2.65. The second-order valence-electron chi connectivity index (χ2n) is 3.51. The molecule has 15 heavy (non-hydrogen) atoms. The van der Waals surface area contributed by atoms with E-state index in [1.165, 1.54) is 5.56 Å². The van der Waals surface area contributed by atoms with Crippen LogP contribution in [-0.2, 0) is 4.74 Å². The zero-order valence-corrected chi connectivity index (χ0v) is 10.3. The summed E-state index contributed by atoms with van der Waals surface area (Å²) in [5.74, 6) is 0. The first-order chi connectivity index (χ1) is 7.16. The summed E-state index contributed by atoms with van der Waals surface area (Å²) in [5.41, 5.74) is 1.23. The Hall–Kier alpha value is -0.930. The van der Waals surface area contributed by atoms with Crippen LogP contribution in [0.4, 0.5) is 0 Å². The number of hydrogen-bond donors (Lipinski definition) is 0. The van der Waals surface area contributed by atoms with Crippen LogP contribution < -0.4 is 0 Å². The first-order valence-electron chi connectivity index (χ1n) is 4.94. The van der Waals surface area contributed by atoms with Gasteiger partial charge >= 0.3 is 0 Å². The summed E-state index contributed by atoms with van der Waals surface area (Å²) < 4.78 is 5.23. The standard InChI is InChI=1S/C12H17NOS/c1-10(15)13(2)12(9-14-3)11-7-5-4-6-8-11/h4-8,12H,9H2,1-3H3. The van der Waals surface area contributed by atoms with Gasteiger partial charge in [-0.05, 0) is 12.5 Å². The molecule has 1 rings (SSSR count). The maximum Gasteiger partial charge on any atom is 0.0777 e. The third-order valence-corrected chi connectivity index (χ3v) is 2.76. The number of methoxy groups -OCH3 is 1. The van der Waals surface area contributed by atoms with Gasteiger partial charge in [-0.15, -0.1) is 0 Å². The molecule has 3 heteroatoms. The van der Waals surface area contributed by atoms with E-state index in [2.05, 4.69) is 17.0 Å². The molecule has 1 unspecified atom stereocenters. The van der Waals surface area contributed by atoms with Crippen LogP contribution in [0.1, 0.15) is 18.5 Å². The van der Waals surface area contributed by atoms with Crippen molar-refractivity contribution in [2.75, 3.05) is 20.8 Å². The van der Waals surface area contributed by atoms with Gasteiger partial charge in [0.25, 0.3) is 0 Å². The summed E-state index contributed by atoms with van der Waals surface area (Å²) in [6, 6.07) is 10.5. The first-order valence-corrected chi connectivity index (χ1v) is 5.35. The zero-order valence-electron chi connectivity index (χ0n) is 9.43. The van der Waals surface area contributed by atoms with Crippen LogP contribution in [0, 0.1) is 0 Å². The molecule has 0 radical (unpaired) electrons. The summed E-state index contributed by atoms with van der Waals surface area (Å²) in [6.45, 7) is 2.58. The van der Waals surface area contributed by atoms with Crippen molar-refractivity contribution in [3.05, 3.63) is 35.9 Å². The fourth-order valence-electron chi connectivity index (χ4n) is 1.48.